The third-order valence-electron chi connectivity index (χ3n) is 3.62. The number of benzene rings is 2. The Kier molecular flexibility index (Phi) is 7.94. The van der Waals surface area contributed by atoms with Crippen LogP contribution < -0.4 is 15.4 Å². The van der Waals surface area contributed by atoms with Crippen LogP contribution >= 0.6 is 11.6 Å². The fourth-order valence-electron chi connectivity index (χ4n) is 2.25. The molecule has 146 valence electrons. The van der Waals surface area contributed by atoms with E-state index in [0.717, 1.165) is 12.1 Å². The molecule has 2 N–H and O–H groups in total. The van der Waals surface area contributed by atoms with Gasteiger partial charge in [0.15, 0.2) is 15.8 Å². The molecule has 0 unspecified atom stereocenters. The normalized spacial score (nSPS) is 11.9. The van der Waals surface area contributed by atoms with Crippen molar-refractivity contribution in [3.8, 4) is 5.75 Å². The number of nitrogens with zero attached hydrogens (tertiary/aromatic N) is 1. The maximum absolute atomic E-state index is 11.4. The van der Waals surface area contributed by atoms with E-state index < -0.39 is 9.84 Å². The number of aliphatic imine (C=N–C) groups is 1. The van der Waals surface area contributed by atoms with Gasteiger partial charge in [-0.05, 0) is 42.8 Å². The van der Waals surface area contributed by atoms with Crippen LogP contribution in [-0.2, 0) is 16.4 Å². The minimum atomic E-state index is -3.20. The van der Waals surface area contributed by atoms with E-state index in [9.17, 15) is 8.42 Å². The highest BCUT2D eigenvalue weighted by molar-refractivity contribution is 7.90. The van der Waals surface area contributed by atoms with Gasteiger partial charge in [0.05, 0.1) is 18.0 Å². The predicted molar refractivity (Wildman–Crippen MR) is 109 cm³/mol. The topological polar surface area (TPSA) is 79.8 Å². The smallest absolute Gasteiger partial charge is 0.191 e. The van der Waals surface area contributed by atoms with Gasteiger partial charge >= 0.3 is 0 Å². The standard InChI is InChI=1S/C19H24ClN3O3S/c1-3-21-19(23-14-15-6-4-5-7-18(15)20)22-12-13-26-16-8-10-17(11-9-16)27(2,24)25/h4-11H,3,12-14H2,1-2H3,(H2,21,22,23). The summed E-state index contributed by atoms with van der Waals surface area (Å²) in [6, 6.07) is 14.0. The molecule has 0 amide bonds. The van der Waals surface area contributed by atoms with Crippen LogP contribution in [0.2, 0.25) is 5.02 Å². The van der Waals surface area contributed by atoms with E-state index in [1.165, 1.54) is 18.4 Å². The molecule has 0 spiro atoms. The van der Waals surface area contributed by atoms with Crippen LogP contribution in [0.1, 0.15) is 12.5 Å². The van der Waals surface area contributed by atoms with Gasteiger partial charge in [0, 0.05) is 17.8 Å². The van der Waals surface area contributed by atoms with Crippen LogP contribution in [0.15, 0.2) is 58.4 Å². The molecule has 2 rings (SSSR count). The first-order chi connectivity index (χ1) is 12.9. The Bertz CT molecular complexity index is 868. The zero-order chi connectivity index (χ0) is 19.7. The third kappa shape index (κ3) is 7.11. The monoisotopic (exact) mass is 409 g/mol. The Labute approximate surface area is 165 Å². The van der Waals surface area contributed by atoms with Gasteiger partial charge in [-0.3, -0.25) is 0 Å². The van der Waals surface area contributed by atoms with Gasteiger partial charge in [0.2, 0.25) is 0 Å². The first-order valence-electron chi connectivity index (χ1n) is 8.58. The number of hydrogen-bond donors (Lipinski definition) is 2. The molecule has 8 heteroatoms. The Hall–Kier alpha value is -2.25. The van der Waals surface area contributed by atoms with Gasteiger partial charge in [-0.2, -0.15) is 0 Å². The van der Waals surface area contributed by atoms with Crippen molar-refractivity contribution in [2.75, 3.05) is 26.0 Å². The third-order valence-corrected chi connectivity index (χ3v) is 5.12. The number of ether oxygens (including phenoxy) is 1. The van der Waals surface area contributed by atoms with Crippen molar-refractivity contribution in [2.45, 2.75) is 18.4 Å². The molecule has 6 nitrogen and oxygen atoms in total. The number of sulfone groups is 1. The molecular weight excluding hydrogens is 386 g/mol. The van der Waals surface area contributed by atoms with E-state index in [1.807, 2.05) is 31.2 Å². The van der Waals surface area contributed by atoms with Crippen molar-refractivity contribution >= 4 is 27.4 Å². The lowest BCUT2D eigenvalue weighted by Gasteiger charge is -2.12. The molecule has 0 aliphatic heterocycles. The Morgan fingerprint density at radius 3 is 2.44 bits per heavy atom. The Morgan fingerprint density at radius 2 is 1.81 bits per heavy atom. The fourth-order valence-corrected chi connectivity index (χ4v) is 3.08. The van der Waals surface area contributed by atoms with Gasteiger partial charge in [-0.25, -0.2) is 13.4 Å². The highest BCUT2D eigenvalue weighted by Gasteiger charge is 2.06. The number of nitrogens with one attached hydrogen (secondary N) is 2. The molecule has 0 atom stereocenters. The fraction of sp³-hybridized carbons (Fsp3) is 0.316. The van der Waals surface area contributed by atoms with Crippen molar-refractivity contribution in [2.24, 2.45) is 4.99 Å². The summed E-state index contributed by atoms with van der Waals surface area (Å²) in [5.74, 6) is 1.29. The van der Waals surface area contributed by atoms with Crippen LogP contribution in [0.4, 0.5) is 0 Å². The van der Waals surface area contributed by atoms with Gasteiger partial charge in [0.25, 0.3) is 0 Å². The zero-order valence-corrected chi connectivity index (χ0v) is 17.0. The van der Waals surface area contributed by atoms with Crippen LogP contribution in [-0.4, -0.2) is 40.3 Å². The summed E-state index contributed by atoms with van der Waals surface area (Å²) in [6.45, 7) is 4.16. The summed E-state index contributed by atoms with van der Waals surface area (Å²) < 4.78 is 28.5. The molecule has 27 heavy (non-hydrogen) atoms. The van der Waals surface area contributed by atoms with Crippen molar-refractivity contribution in [1.29, 1.82) is 0 Å². The number of halogens is 1. The average molecular weight is 410 g/mol. The van der Waals surface area contributed by atoms with Crippen LogP contribution in [0.5, 0.6) is 5.75 Å². The second-order valence-electron chi connectivity index (χ2n) is 5.81. The number of guanidine groups is 1. The largest absolute Gasteiger partial charge is 0.492 e. The van der Waals surface area contributed by atoms with Gasteiger partial charge in [0.1, 0.15) is 12.4 Å². The summed E-state index contributed by atoms with van der Waals surface area (Å²) in [7, 11) is -3.20. The van der Waals surface area contributed by atoms with Crippen LogP contribution in [0, 0.1) is 0 Å². The highest BCUT2D eigenvalue weighted by atomic mass is 35.5. The zero-order valence-electron chi connectivity index (χ0n) is 15.4. The SMILES string of the molecule is CCNC(=NCc1ccccc1Cl)NCCOc1ccc(S(C)(=O)=O)cc1. The van der Waals surface area contributed by atoms with E-state index in [4.69, 9.17) is 16.3 Å². The first kappa shape index (κ1) is 21.1. The molecule has 0 aliphatic rings. The summed E-state index contributed by atoms with van der Waals surface area (Å²) in [6.07, 6.45) is 1.18. The molecule has 2 aromatic carbocycles. The van der Waals surface area contributed by atoms with E-state index >= 15 is 0 Å². The van der Waals surface area contributed by atoms with Crippen molar-refractivity contribution in [3.63, 3.8) is 0 Å². The van der Waals surface area contributed by atoms with E-state index in [0.29, 0.717) is 36.4 Å². The van der Waals surface area contributed by atoms with Crippen LogP contribution in [0.3, 0.4) is 0 Å². The van der Waals surface area contributed by atoms with E-state index in [1.54, 1.807) is 12.1 Å². The molecule has 0 saturated heterocycles. The van der Waals surface area contributed by atoms with Crippen molar-refractivity contribution < 1.29 is 13.2 Å². The minimum Gasteiger partial charge on any atom is -0.492 e. The summed E-state index contributed by atoms with van der Waals surface area (Å²) in [5, 5.41) is 7.05. The molecule has 2 aromatic rings. The molecule has 0 aromatic heterocycles. The number of rotatable bonds is 8. The molecular formula is C19H24ClN3O3S. The maximum atomic E-state index is 11.4. The van der Waals surface area contributed by atoms with Crippen molar-refractivity contribution in [1.82, 2.24) is 10.6 Å². The van der Waals surface area contributed by atoms with Gasteiger partial charge in [-0.1, -0.05) is 29.8 Å². The highest BCUT2D eigenvalue weighted by Crippen LogP contribution is 2.16. The van der Waals surface area contributed by atoms with E-state index in [-0.39, 0.29) is 4.90 Å². The molecule has 0 saturated carbocycles. The lowest BCUT2D eigenvalue weighted by Crippen LogP contribution is -2.39. The summed E-state index contributed by atoms with van der Waals surface area (Å²) in [5.41, 5.74) is 0.957. The average Bonchev–Trinajstić information content (AvgIpc) is 2.64. The lowest BCUT2D eigenvalue weighted by molar-refractivity contribution is 0.321. The lowest BCUT2D eigenvalue weighted by atomic mass is 10.2. The molecule has 0 heterocycles. The van der Waals surface area contributed by atoms with Gasteiger partial charge in [-0.15, -0.1) is 0 Å². The summed E-state index contributed by atoms with van der Waals surface area (Å²) in [4.78, 5) is 4.79. The Morgan fingerprint density at radius 1 is 1.11 bits per heavy atom. The van der Waals surface area contributed by atoms with E-state index in [2.05, 4.69) is 15.6 Å². The second-order valence-corrected chi connectivity index (χ2v) is 8.23. The minimum absolute atomic E-state index is 0.272. The maximum Gasteiger partial charge on any atom is 0.191 e. The van der Waals surface area contributed by atoms with Crippen molar-refractivity contribution in [3.05, 3.63) is 59.1 Å². The molecule has 0 aliphatic carbocycles. The van der Waals surface area contributed by atoms with Gasteiger partial charge < -0.3 is 15.4 Å². The summed E-state index contributed by atoms with van der Waals surface area (Å²) >= 11 is 6.15. The second kappa shape index (κ2) is 10.2. The predicted octanol–water partition coefficient (Wildman–Crippen LogP) is 2.88. The Balaban J connectivity index is 1.83. The number of hydrogen-bond acceptors (Lipinski definition) is 4. The quantitative estimate of drug-likeness (QED) is 0.398. The molecule has 0 radical (unpaired) electrons. The molecule has 0 fully saturated rings. The van der Waals surface area contributed by atoms with Crippen LogP contribution in [0.25, 0.3) is 0 Å². The first-order valence-corrected chi connectivity index (χ1v) is 10.9. The molecule has 0 bridgehead atoms.